The zero-order valence-electron chi connectivity index (χ0n) is 12.4. The minimum atomic E-state index is -0.463. The molecule has 1 N–H and O–H groups in total. The van der Waals surface area contributed by atoms with Gasteiger partial charge in [0.15, 0.2) is 6.10 Å². The SMILES string of the molecule is CCCNC(C)c1cc(C)ccc1OC1CCOC1=O. The minimum absolute atomic E-state index is 0.197. The number of cyclic esters (lactones) is 1. The fourth-order valence-electron chi connectivity index (χ4n) is 2.32. The number of hydrogen-bond acceptors (Lipinski definition) is 4. The molecule has 0 saturated carbocycles. The monoisotopic (exact) mass is 277 g/mol. The second kappa shape index (κ2) is 6.75. The number of carbonyl (C=O) groups excluding carboxylic acids is 1. The quantitative estimate of drug-likeness (QED) is 0.812. The summed E-state index contributed by atoms with van der Waals surface area (Å²) in [6.45, 7) is 7.73. The molecule has 20 heavy (non-hydrogen) atoms. The normalized spacial score (nSPS) is 19.8. The standard InChI is InChI=1S/C16H23NO3/c1-4-8-17-12(3)13-10-11(2)5-6-14(13)20-15-7-9-19-16(15)18/h5-6,10,12,15,17H,4,7-9H2,1-3H3. The maximum Gasteiger partial charge on any atom is 0.347 e. The Labute approximate surface area is 120 Å². The Morgan fingerprint density at radius 2 is 2.30 bits per heavy atom. The van der Waals surface area contributed by atoms with Gasteiger partial charge < -0.3 is 14.8 Å². The lowest BCUT2D eigenvalue weighted by Gasteiger charge is -2.20. The van der Waals surface area contributed by atoms with E-state index in [-0.39, 0.29) is 12.0 Å². The summed E-state index contributed by atoms with van der Waals surface area (Å²) in [6.07, 6.45) is 1.25. The molecular weight excluding hydrogens is 254 g/mol. The van der Waals surface area contributed by atoms with Crippen LogP contribution in [0.5, 0.6) is 5.75 Å². The van der Waals surface area contributed by atoms with E-state index in [1.54, 1.807) is 0 Å². The Morgan fingerprint density at radius 3 is 2.95 bits per heavy atom. The molecule has 0 aliphatic carbocycles. The highest BCUT2D eigenvalue weighted by atomic mass is 16.6. The molecule has 4 nitrogen and oxygen atoms in total. The van der Waals surface area contributed by atoms with E-state index in [0.717, 1.165) is 24.3 Å². The Bertz CT molecular complexity index is 473. The van der Waals surface area contributed by atoms with Gasteiger partial charge in [0.05, 0.1) is 6.61 Å². The van der Waals surface area contributed by atoms with Crippen LogP contribution in [0.1, 0.15) is 43.9 Å². The lowest BCUT2D eigenvalue weighted by Crippen LogP contribution is -2.24. The molecule has 0 spiro atoms. The second-order valence-corrected chi connectivity index (χ2v) is 5.28. The fraction of sp³-hybridized carbons (Fsp3) is 0.562. The summed E-state index contributed by atoms with van der Waals surface area (Å²) in [6, 6.07) is 6.26. The summed E-state index contributed by atoms with van der Waals surface area (Å²) in [4.78, 5) is 11.5. The zero-order chi connectivity index (χ0) is 14.5. The Balaban J connectivity index is 2.16. The van der Waals surface area contributed by atoms with Gasteiger partial charge in [-0.05, 0) is 32.9 Å². The van der Waals surface area contributed by atoms with Crippen LogP contribution in [0.15, 0.2) is 18.2 Å². The molecule has 1 aromatic carbocycles. The van der Waals surface area contributed by atoms with Crippen molar-refractivity contribution in [1.82, 2.24) is 5.32 Å². The highest BCUT2D eigenvalue weighted by Gasteiger charge is 2.29. The average Bonchev–Trinajstić information content (AvgIpc) is 2.83. The Kier molecular flexibility index (Phi) is 5.01. The van der Waals surface area contributed by atoms with Crippen molar-refractivity contribution < 1.29 is 14.3 Å². The van der Waals surface area contributed by atoms with Crippen molar-refractivity contribution in [2.45, 2.75) is 45.8 Å². The molecule has 1 aromatic rings. The first-order chi connectivity index (χ1) is 9.61. The highest BCUT2D eigenvalue weighted by molar-refractivity contribution is 5.76. The average molecular weight is 277 g/mol. The molecule has 1 fully saturated rings. The van der Waals surface area contributed by atoms with Gasteiger partial charge >= 0.3 is 5.97 Å². The lowest BCUT2D eigenvalue weighted by molar-refractivity contribution is -0.143. The number of hydrogen-bond donors (Lipinski definition) is 1. The van der Waals surface area contributed by atoms with Crippen LogP contribution in [0.2, 0.25) is 0 Å². The van der Waals surface area contributed by atoms with Crippen LogP contribution in [0.4, 0.5) is 0 Å². The first-order valence-corrected chi connectivity index (χ1v) is 7.29. The summed E-state index contributed by atoms with van der Waals surface area (Å²) in [5, 5.41) is 3.46. The van der Waals surface area contributed by atoms with Crippen LogP contribution in [0.25, 0.3) is 0 Å². The van der Waals surface area contributed by atoms with Gasteiger partial charge in [0, 0.05) is 18.0 Å². The van der Waals surface area contributed by atoms with E-state index >= 15 is 0 Å². The van der Waals surface area contributed by atoms with Crippen molar-refractivity contribution in [3.8, 4) is 5.75 Å². The predicted octanol–water partition coefficient (Wildman–Crippen LogP) is 2.75. The van der Waals surface area contributed by atoms with Crippen LogP contribution in [-0.2, 0) is 9.53 Å². The molecule has 0 radical (unpaired) electrons. The van der Waals surface area contributed by atoms with Crippen LogP contribution in [0.3, 0.4) is 0 Å². The van der Waals surface area contributed by atoms with E-state index < -0.39 is 6.10 Å². The number of esters is 1. The van der Waals surface area contributed by atoms with Crippen molar-refractivity contribution in [3.05, 3.63) is 29.3 Å². The summed E-state index contributed by atoms with van der Waals surface area (Å²) < 4.78 is 10.8. The van der Waals surface area contributed by atoms with Crippen molar-refractivity contribution >= 4 is 5.97 Å². The van der Waals surface area contributed by atoms with Crippen molar-refractivity contribution in [3.63, 3.8) is 0 Å². The molecule has 0 bridgehead atoms. The van der Waals surface area contributed by atoms with E-state index in [1.165, 1.54) is 5.56 Å². The molecule has 1 saturated heterocycles. The molecule has 4 heteroatoms. The number of benzene rings is 1. The van der Waals surface area contributed by atoms with E-state index in [0.29, 0.717) is 13.0 Å². The van der Waals surface area contributed by atoms with Gasteiger partial charge in [0.2, 0.25) is 0 Å². The molecule has 0 aromatic heterocycles. The van der Waals surface area contributed by atoms with E-state index in [9.17, 15) is 4.79 Å². The molecule has 2 unspecified atom stereocenters. The summed E-state index contributed by atoms with van der Waals surface area (Å²) >= 11 is 0. The summed E-state index contributed by atoms with van der Waals surface area (Å²) in [7, 11) is 0. The van der Waals surface area contributed by atoms with Crippen molar-refractivity contribution in [2.75, 3.05) is 13.2 Å². The second-order valence-electron chi connectivity index (χ2n) is 5.28. The van der Waals surface area contributed by atoms with Crippen LogP contribution in [0, 0.1) is 6.92 Å². The zero-order valence-corrected chi connectivity index (χ0v) is 12.4. The van der Waals surface area contributed by atoms with Gasteiger partial charge in [-0.3, -0.25) is 0 Å². The largest absolute Gasteiger partial charge is 0.478 e. The summed E-state index contributed by atoms with van der Waals surface area (Å²) in [5.41, 5.74) is 2.28. The first kappa shape index (κ1) is 14.9. The van der Waals surface area contributed by atoms with Gasteiger partial charge in [-0.15, -0.1) is 0 Å². The maximum absolute atomic E-state index is 11.5. The molecule has 0 amide bonds. The minimum Gasteiger partial charge on any atom is -0.478 e. The summed E-state index contributed by atoms with van der Waals surface area (Å²) in [5.74, 6) is 0.515. The molecule has 1 aliphatic rings. The Morgan fingerprint density at radius 1 is 1.50 bits per heavy atom. The number of rotatable bonds is 6. The van der Waals surface area contributed by atoms with Crippen LogP contribution < -0.4 is 10.1 Å². The molecule has 1 heterocycles. The van der Waals surface area contributed by atoms with Gasteiger partial charge in [0.25, 0.3) is 0 Å². The number of aryl methyl sites for hydroxylation is 1. The number of carbonyl (C=O) groups is 1. The highest BCUT2D eigenvalue weighted by Crippen LogP contribution is 2.28. The predicted molar refractivity (Wildman–Crippen MR) is 77.9 cm³/mol. The van der Waals surface area contributed by atoms with Gasteiger partial charge in [-0.2, -0.15) is 0 Å². The topological polar surface area (TPSA) is 47.6 Å². The van der Waals surface area contributed by atoms with Crippen LogP contribution >= 0.6 is 0 Å². The third-order valence-corrected chi connectivity index (χ3v) is 3.49. The third kappa shape index (κ3) is 3.51. The Hall–Kier alpha value is -1.55. The number of nitrogens with one attached hydrogen (secondary N) is 1. The fourth-order valence-corrected chi connectivity index (χ4v) is 2.32. The lowest BCUT2D eigenvalue weighted by atomic mass is 10.0. The maximum atomic E-state index is 11.5. The van der Waals surface area contributed by atoms with E-state index in [1.807, 2.05) is 12.1 Å². The third-order valence-electron chi connectivity index (χ3n) is 3.49. The molecule has 2 rings (SSSR count). The molecule has 2 atom stereocenters. The smallest absolute Gasteiger partial charge is 0.347 e. The first-order valence-electron chi connectivity index (χ1n) is 7.29. The van der Waals surface area contributed by atoms with Crippen molar-refractivity contribution in [2.24, 2.45) is 0 Å². The van der Waals surface area contributed by atoms with Crippen LogP contribution in [-0.4, -0.2) is 25.2 Å². The van der Waals surface area contributed by atoms with Gasteiger partial charge in [0.1, 0.15) is 5.75 Å². The van der Waals surface area contributed by atoms with E-state index in [4.69, 9.17) is 9.47 Å². The van der Waals surface area contributed by atoms with Crippen molar-refractivity contribution in [1.29, 1.82) is 0 Å². The molecule has 110 valence electrons. The molecular formula is C16H23NO3. The van der Waals surface area contributed by atoms with Gasteiger partial charge in [-0.25, -0.2) is 4.79 Å². The van der Waals surface area contributed by atoms with Gasteiger partial charge in [-0.1, -0.05) is 24.6 Å². The van der Waals surface area contributed by atoms with E-state index in [2.05, 4.69) is 32.2 Å². The number of ether oxygens (including phenoxy) is 2. The molecule has 1 aliphatic heterocycles.